The summed E-state index contributed by atoms with van der Waals surface area (Å²) in [5, 5.41) is 0. The second-order valence-electron chi connectivity index (χ2n) is 4.33. The highest BCUT2D eigenvalue weighted by atomic mass is 32.2. The van der Waals surface area contributed by atoms with Crippen LogP contribution in [-0.2, 0) is 16.6 Å². The van der Waals surface area contributed by atoms with Crippen molar-refractivity contribution in [1.82, 2.24) is 0 Å². The molecule has 0 spiro atoms. The van der Waals surface area contributed by atoms with Gasteiger partial charge in [-0.2, -0.15) is 0 Å². The Hall–Kier alpha value is -1.37. The molecule has 0 radical (unpaired) electrons. The molecule has 0 aliphatic carbocycles. The van der Waals surface area contributed by atoms with Gasteiger partial charge in [-0.1, -0.05) is 6.07 Å². The summed E-state index contributed by atoms with van der Waals surface area (Å²) >= 11 is 1.19. The van der Waals surface area contributed by atoms with Crippen LogP contribution in [0, 0.1) is 13.8 Å². The summed E-state index contributed by atoms with van der Waals surface area (Å²) in [5.41, 5.74) is 8.24. The minimum absolute atomic E-state index is 0.283. The van der Waals surface area contributed by atoms with E-state index in [1.54, 1.807) is 18.2 Å². The molecule has 0 atom stereocenters. The number of benzene rings is 1. The van der Waals surface area contributed by atoms with Crippen LogP contribution in [0.5, 0.6) is 0 Å². The summed E-state index contributed by atoms with van der Waals surface area (Å²) in [4.78, 5) is 0.848. The van der Waals surface area contributed by atoms with Gasteiger partial charge in [-0.05, 0) is 49.2 Å². The fourth-order valence-corrected chi connectivity index (χ4v) is 3.91. The molecule has 1 aromatic carbocycles. The molecule has 1 aromatic heterocycles. The van der Waals surface area contributed by atoms with Crippen LogP contribution in [0.2, 0.25) is 0 Å². The maximum atomic E-state index is 12.2. The van der Waals surface area contributed by atoms with E-state index in [1.807, 2.05) is 26.0 Å². The highest BCUT2D eigenvalue weighted by Gasteiger charge is 2.16. The highest BCUT2D eigenvalue weighted by Crippen LogP contribution is 2.24. The van der Waals surface area contributed by atoms with Crippen LogP contribution in [0.4, 0.5) is 5.69 Å². The minimum atomic E-state index is -3.52. The normalized spacial score (nSPS) is 11.5. The fourth-order valence-electron chi connectivity index (χ4n) is 1.62. The van der Waals surface area contributed by atoms with Gasteiger partial charge in [0, 0.05) is 17.1 Å². The molecule has 0 aliphatic rings. The van der Waals surface area contributed by atoms with Gasteiger partial charge in [0.2, 0.25) is 0 Å². The number of nitrogens with two attached hydrogens (primary N) is 1. The van der Waals surface area contributed by atoms with Gasteiger partial charge >= 0.3 is 0 Å². The van der Waals surface area contributed by atoms with E-state index in [-0.39, 0.29) is 4.21 Å². The number of nitrogens with one attached hydrogen (secondary N) is 1. The van der Waals surface area contributed by atoms with Crippen molar-refractivity contribution in [2.45, 2.75) is 24.6 Å². The number of thiophene rings is 1. The number of anilines is 1. The van der Waals surface area contributed by atoms with E-state index in [0.717, 1.165) is 16.0 Å². The van der Waals surface area contributed by atoms with Crippen molar-refractivity contribution in [3.8, 4) is 0 Å². The van der Waals surface area contributed by atoms with Gasteiger partial charge in [0.1, 0.15) is 4.21 Å². The molecule has 2 rings (SSSR count). The third-order valence-corrected chi connectivity index (χ3v) is 5.84. The number of rotatable bonds is 4. The summed E-state index contributed by atoms with van der Waals surface area (Å²) in [7, 11) is -3.52. The molecule has 0 fully saturated rings. The van der Waals surface area contributed by atoms with Gasteiger partial charge in [0.25, 0.3) is 10.0 Å². The molecule has 0 unspecified atom stereocenters. The first-order chi connectivity index (χ1) is 8.92. The zero-order valence-electron chi connectivity index (χ0n) is 10.8. The van der Waals surface area contributed by atoms with E-state index >= 15 is 0 Å². The molecule has 0 amide bonds. The van der Waals surface area contributed by atoms with Crippen LogP contribution < -0.4 is 10.5 Å². The van der Waals surface area contributed by atoms with Crippen molar-refractivity contribution < 1.29 is 8.42 Å². The lowest BCUT2D eigenvalue weighted by Gasteiger charge is -2.08. The Kier molecular flexibility index (Phi) is 3.93. The zero-order valence-corrected chi connectivity index (χ0v) is 12.4. The molecule has 0 saturated heterocycles. The predicted octanol–water partition coefficient (Wildman–Crippen LogP) is 2.62. The van der Waals surface area contributed by atoms with E-state index in [0.29, 0.717) is 12.2 Å². The van der Waals surface area contributed by atoms with Crippen LogP contribution in [-0.4, -0.2) is 8.42 Å². The van der Waals surface area contributed by atoms with Gasteiger partial charge in [-0.15, -0.1) is 11.3 Å². The summed E-state index contributed by atoms with van der Waals surface area (Å²) in [6, 6.07) is 8.80. The Balaban J connectivity index is 2.28. The van der Waals surface area contributed by atoms with Crippen molar-refractivity contribution in [3.63, 3.8) is 0 Å². The molecular weight excluding hydrogens is 280 g/mol. The molecule has 2 aromatic rings. The monoisotopic (exact) mass is 296 g/mol. The van der Waals surface area contributed by atoms with Crippen LogP contribution in [0.25, 0.3) is 0 Å². The third-order valence-electron chi connectivity index (χ3n) is 2.86. The van der Waals surface area contributed by atoms with Crippen molar-refractivity contribution in [3.05, 3.63) is 46.3 Å². The largest absolute Gasteiger partial charge is 0.326 e. The summed E-state index contributed by atoms with van der Waals surface area (Å²) in [6.07, 6.45) is 0. The molecule has 19 heavy (non-hydrogen) atoms. The number of aryl methyl sites for hydroxylation is 2. The summed E-state index contributed by atoms with van der Waals surface area (Å²) < 4.78 is 27.2. The summed E-state index contributed by atoms with van der Waals surface area (Å²) in [5.74, 6) is 0. The Bertz CT molecular complexity index is 690. The number of hydrogen-bond acceptors (Lipinski definition) is 4. The first-order valence-electron chi connectivity index (χ1n) is 5.81. The second kappa shape index (κ2) is 5.32. The fraction of sp³-hybridized carbons (Fsp3) is 0.231. The van der Waals surface area contributed by atoms with Crippen molar-refractivity contribution >= 4 is 27.0 Å². The van der Waals surface area contributed by atoms with E-state index in [4.69, 9.17) is 5.73 Å². The average Bonchev–Trinajstić information content (AvgIpc) is 2.83. The maximum absolute atomic E-state index is 12.2. The topological polar surface area (TPSA) is 72.2 Å². The Morgan fingerprint density at radius 2 is 1.89 bits per heavy atom. The van der Waals surface area contributed by atoms with E-state index in [2.05, 4.69) is 4.72 Å². The SMILES string of the molecule is Cc1ccc(NS(=O)(=O)c2ccc(CN)s2)cc1C. The number of sulfonamides is 1. The molecule has 3 N–H and O–H groups in total. The quantitative estimate of drug-likeness (QED) is 0.911. The molecule has 102 valence electrons. The Labute approximate surface area is 117 Å². The van der Waals surface area contributed by atoms with Crippen molar-refractivity contribution in [2.75, 3.05) is 4.72 Å². The highest BCUT2D eigenvalue weighted by molar-refractivity contribution is 7.94. The lowest BCUT2D eigenvalue weighted by molar-refractivity contribution is 0.603. The molecule has 0 bridgehead atoms. The lowest BCUT2D eigenvalue weighted by Crippen LogP contribution is -2.11. The molecule has 4 nitrogen and oxygen atoms in total. The molecule has 1 heterocycles. The van der Waals surface area contributed by atoms with Gasteiger partial charge < -0.3 is 5.73 Å². The van der Waals surface area contributed by atoms with E-state index in [9.17, 15) is 8.42 Å². The lowest BCUT2D eigenvalue weighted by atomic mass is 10.1. The second-order valence-corrected chi connectivity index (χ2v) is 7.41. The minimum Gasteiger partial charge on any atom is -0.326 e. The predicted molar refractivity (Wildman–Crippen MR) is 78.9 cm³/mol. The smallest absolute Gasteiger partial charge is 0.271 e. The molecule has 6 heteroatoms. The third kappa shape index (κ3) is 3.15. The first kappa shape index (κ1) is 14.0. The van der Waals surface area contributed by atoms with Gasteiger partial charge in [-0.3, -0.25) is 4.72 Å². The van der Waals surface area contributed by atoms with Crippen LogP contribution >= 0.6 is 11.3 Å². The first-order valence-corrected chi connectivity index (χ1v) is 8.11. The summed E-state index contributed by atoms with van der Waals surface area (Å²) in [6.45, 7) is 4.29. The van der Waals surface area contributed by atoms with E-state index in [1.165, 1.54) is 11.3 Å². The standard InChI is InChI=1S/C13H16N2O2S2/c1-9-3-4-11(7-10(9)2)15-19(16,17)13-6-5-12(8-14)18-13/h3-7,15H,8,14H2,1-2H3. The van der Waals surface area contributed by atoms with Crippen LogP contribution in [0.3, 0.4) is 0 Å². The van der Waals surface area contributed by atoms with Crippen molar-refractivity contribution in [1.29, 1.82) is 0 Å². The maximum Gasteiger partial charge on any atom is 0.271 e. The average molecular weight is 296 g/mol. The van der Waals surface area contributed by atoms with E-state index < -0.39 is 10.0 Å². The zero-order chi connectivity index (χ0) is 14.0. The Morgan fingerprint density at radius 3 is 2.47 bits per heavy atom. The molecule has 0 saturated carbocycles. The van der Waals surface area contributed by atoms with Gasteiger partial charge in [0.15, 0.2) is 0 Å². The Morgan fingerprint density at radius 1 is 1.16 bits per heavy atom. The van der Waals surface area contributed by atoms with Gasteiger partial charge in [0.05, 0.1) is 0 Å². The number of hydrogen-bond donors (Lipinski definition) is 2. The molecule has 0 aliphatic heterocycles. The van der Waals surface area contributed by atoms with Gasteiger partial charge in [-0.25, -0.2) is 8.42 Å². The van der Waals surface area contributed by atoms with Crippen molar-refractivity contribution in [2.24, 2.45) is 5.73 Å². The van der Waals surface area contributed by atoms with Crippen LogP contribution in [0.15, 0.2) is 34.5 Å². The molecular formula is C13H16N2O2S2. The van der Waals surface area contributed by atoms with Crippen LogP contribution in [0.1, 0.15) is 16.0 Å².